The van der Waals surface area contributed by atoms with E-state index in [0.29, 0.717) is 0 Å². The Morgan fingerprint density at radius 2 is 1.23 bits per heavy atom. The lowest BCUT2D eigenvalue weighted by Crippen LogP contribution is -2.16. The van der Waals surface area contributed by atoms with Crippen molar-refractivity contribution in [1.82, 2.24) is 32.0 Å². The number of rotatable bonds is 5. The predicted octanol–water partition coefficient (Wildman–Crippen LogP) is 7.90. The average molecular weight is 628 g/mol. The zero-order valence-corrected chi connectivity index (χ0v) is 26.8. The molecule has 0 unspecified atom stereocenters. The fraction of sp³-hybridized carbons (Fsp3) is 0.0513. The second-order valence-electron chi connectivity index (χ2n) is 12.1. The molecule has 0 bridgehead atoms. The first-order valence-corrected chi connectivity index (χ1v) is 17.1. The molecule has 0 radical (unpaired) electrons. The number of para-hydroxylation sites is 3. The molecule has 10 aromatic rings. The summed E-state index contributed by atoms with van der Waals surface area (Å²) in [5.74, 6) is 2.00. The summed E-state index contributed by atoms with van der Waals surface area (Å²) in [6.45, 7) is 0. The van der Waals surface area contributed by atoms with Gasteiger partial charge < -0.3 is 13.5 Å². The van der Waals surface area contributed by atoms with Gasteiger partial charge in [-0.2, -0.15) is 0 Å². The summed E-state index contributed by atoms with van der Waals surface area (Å²) in [5, 5.41) is 3.89. The van der Waals surface area contributed by atoms with Crippen molar-refractivity contribution in [2.45, 2.75) is 0 Å². The maximum atomic E-state index is 4.64. The van der Waals surface area contributed by atoms with Gasteiger partial charge in [0.05, 0.1) is 46.7 Å². The number of aryl methyl sites for hydroxylation is 2. The highest BCUT2D eigenvalue weighted by atomic mass is 31.1. The van der Waals surface area contributed by atoms with Crippen LogP contribution in [-0.2, 0) is 14.1 Å². The fourth-order valence-electron chi connectivity index (χ4n) is 7.42. The number of benzene rings is 4. The molecule has 0 aliphatic rings. The van der Waals surface area contributed by atoms with Crippen molar-refractivity contribution in [2.75, 3.05) is 0 Å². The first-order chi connectivity index (χ1) is 23.2. The van der Waals surface area contributed by atoms with E-state index in [1.807, 2.05) is 19.4 Å². The van der Waals surface area contributed by atoms with Gasteiger partial charge in [-0.25, -0.2) is 4.98 Å². The Kier molecular flexibility index (Phi) is 5.55. The van der Waals surface area contributed by atoms with Gasteiger partial charge in [0.2, 0.25) is 5.95 Å². The van der Waals surface area contributed by atoms with Gasteiger partial charge in [-0.15, -0.1) is 0 Å². The molecule has 0 atom stereocenters. The first-order valence-electron chi connectivity index (χ1n) is 15.8. The molecule has 0 saturated heterocycles. The van der Waals surface area contributed by atoms with E-state index in [4.69, 9.17) is 0 Å². The SMILES string of the molecule is Cn1ccnc1-n1ccc2c1cc(-n1c3ccccc3n3c4c5ccccc5n(P(c5ccccc5)c5ccccc5)c4cc13)n2C. The van der Waals surface area contributed by atoms with E-state index in [1.165, 1.54) is 43.6 Å². The monoisotopic (exact) mass is 627 g/mol. The topological polar surface area (TPSA) is 42.0 Å². The van der Waals surface area contributed by atoms with Crippen LogP contribution >= 0.6 is 8.07 Å². The van der Waals surface area contributed by atoms with E-state index in [2.05, 4.69) is 173 Å². The maximum absolute atomic E-state index is 4.64. The molecule has 0 N–H and O–H groups in total. The Hall–Kier alpha value is -5.78. The van der Waals surface area contributed by atoms with Crippen LogP contribution in [0.5, 0.6) is 0 Å². The highest BCUT2D eigenvalue weighted by molar-refractivity contribution is 7.72. The van der Waals surface area contributed by atoms with Gasteiger partial charge in [-0.3, -0.25) is 13.5 Å². The van der Waals surface area contributed by atoms with Crippen molar-refractivity contribution in [1.29, 1.82) is 0 Å². The Bertz CT molecular complexity index is 2730. The van der Waals surface area contributed by atoms with E-state index in [0.717, 1.165) is 28.4 Å². The quantitative estimate of drug-likeness (QED) is 0.179. The third-order valence-electron chi connectivity index (χ3n) is 9.49. The zero-order valence-electron chi connectivity index (χ0n) is 25.9. The van der Waals surface area contributed by atoms with E-state index in [9.17, 15) is 0 Å². The van der Waals surface area contributed by atoms with Crippen molar-refractivity contribution in [3.05, 3.63) is 146 Å². The summed E-state index contributed by atoms with van der Waals surface area (Å²) in [5.41, 5.74) is 9.48. The molecule has 10 rings (SSSR count). The Morgan fingerprint density at radius 3 is 1.94 bits per heavy atom. The van der Waals surface area contributed by atoms with Gasteiger partial charge in [-0.05, 0) is 24.3 Å². The molecular weight excluding hydrogens is 597 g/mol. The van der Waals surface area contributed by atoms with Crippen molar-refractivity contribution in [2.24, 2.45) is 14.1 Å². The highest BCUT2D eigenvalue weighted by Gasteiger charge is 2.27. The molecule has 0 saturated carbocycles. The minimum absolute atomic E-state index is 0.892. The van der Waals surface area contributed by atoms with Crippen LogP contribution in [-0.4, -0.2) is 32.0 Å². The number of hydrogen-bond acceptors (Lipinski definition) is 1. The summed E-state index contributed by atoms with van der Waals surface area (Å²) in [6.07, 6.45) is 5.94. The van der Waals surface area contributed by atoms with E-state index >= 15 is 0 Å². The molecule has 7 nitrogen and oxygen atoms in total. The van der Waals surface area contributed by atoms with Crippen molar-refractivity contribution in [3.63, 3.8) is 0 Å². The molecular formula is C39H30N7P. The van der Waals surface area contributed by atoms with Gasteiger partial charge in [0, 0.05) is 60.8 Å². The van der Waals surface area contributed by atoms with Crippen LogP contribution in [0.15, 0.2) is 146 Å². The number of nitrogens with zero attached hydrogens (tertiary/aromatic N) is 7. The van der Waals surface area contributed by atoms with Gasteiger partial charge in [0.25, 0.3) is 0 Å². The Morgan fingerprint density at radius 1 is 0.574 bits per heavy atom. The van der Waals surface area contributed by atoms with Crippen LogP contribution in [0, 0.1) is 0 Å². The minimum Gasteiger partial charge on any atom is -0.329 e. The highest BCUT2D eigenvalue weighted by Crippen LogP contribution is 2.46. The standard InChI is InChI=1S/C39H30N7P/c1-41-24-22-40-39(41)43-23-21-31-34(43)25-36(42(31)2)44-32-19-11-12-20-33(32)45-37(44)26-35-38(45)29-17-9-10-18-30(29)46(35)47(27-13-5-3-6-14-27)28-15-7-4-8-16-28/h3-26H,1-2H3. The van der Waals surface area contributed by atoms with Gasteiger partial charge in [0.15, 0.2) is 0 Å². The smallest absolute Gasteiger partial charge is 0.214 e. The molecule has 0 aliphatic carbocycles. The molecule has 8 heteroatoms. The van der Waals surface area contributed by atoms with Crippen molar-refractivity contribution in [3.8, 4) is 11.8 Å². The summed E-state index contributed by atoms with van der Waals surface area (Å²) < 4.78 is 14.0. The minimum atomic E-state index is -0.901. The van der Waals surface area contributed by atoms with Gasteiger partial charge in [-0.1, -0.05) is 91.0 Å². The first kappa shape index (κ1) is 26.4. The Labute approximate surface area is 271 Å². The van der Waals surface area contributed by atoms with Crippen LogP contribution in [0.2, 0.25) is 0 Å². The Balaban J connectivity index is 1.32. The molecule has 226 valence electrons. The van der Waals surface area contributed by atoms with Crippen LogP contribution in [0.4, 0.5) is 0 Å². The maximum Gasteiger partial charge on any atom is 0.214 e. The van der Waals surface area contributed by atoms with Crippen LogP contribution < -0.4 is 10.6 Å². The van der Waals surface area contributed by atoms with E-state index in [-0.39, 0.29) is 0 Å². The molecule has 6 aromatic heterocycles. The fourth-order valence-corrected chi connectivity index (χ4v) is 9.85. The van der Waals surface area contributed by atoms with Gasteiger partial charge in [0.1, 0.15) is 11.5 Å². The van der Waals surface area contributed by atoms with Crippen molar-refractivity contribution < 1.29 is 0 Å². The normalized spacial score (nSPS) is 12.2. The van der Waals surface area contributed by atoms with Gasteiger partial charge >= 0.3 is 0 Å². The second-order valence-corrected chi connectivity index (χ2v) is 14.1. The zero-order chi connectivity index (χ0) is 31.2. The molecule has 47 heavy (non-hydrogen) atoms. The third kappa shape index (κ3) is 3.63. The lowest BCUT2D eigenvalue weighted by Gasteiger charge is -2.22. The predicted molar refractivity (Wildman–Crippen MR) is 194 cm³/mol. The number of fused-ring (bicyclic) bond motifs is 8. The number of imidazole rings is 2. The largest absolute Gasteiger partial charge is 0.329 e. The van der Waals surface area contributed by atoms with Crippen LogP contribution in [0.3, 0.4) is 0 Å². The number of hydrogen-bond donors (Lipinski definition) is 0. The lowest BCUT2D eigenvalue weighted by molar-refractivity contribution is 0.835. The molecule has 0 amide bonds. The summed E-state index contributed by atoms with van der Waals surface area (Å²) in [6, 6.07) is 46.5. The summed E-state index contributed by atoms with van der Waals surface area (Å²) in [4.78, 5) is 4.64. The third-order valence-corrected chi connectivity index (χ3v) is 11.9. The molecule has 4 aromatic carbocycles. The molecule has 0 spiro atoms. The molecule has 0 fully saturated rings. The summed E-state index contributed by atoms with van der Waals surface area (Å²) in [7, 11) is 3.29. The van der Waals surface area contributed by atoms with E-state index < -0.39 is 8.07 Å². The second kappa shape index (κ2) is 9.86. The van der Waals surface area contributed by atoms with Crippen LogP contribution in [0.1, 0.15) is 0 Å². The lowest BCUT2D eigenvalue weighted by atomic mass is 10.2. The summed E-state index contributed by atoms with van der Waals surface area (Å²) >= 11 is 0. The van der Waals surface area contributed by atoms with Crippen molar-refractivity contribution >= 4 is 68.3 Å². The number of aromatic nitrogens is 7. The van der Waals surface area contributed by atoms with Crippen LogP contribution in [0.25, 0.3) is 61.4 Å². The average Bonchev–Trinajstić information content (AvgIpc) is 3.95. The van der Waals surface area contributed by atoms with E-state index in [1.54, 1.807) is 0 Å². The molecule has 0 aliphatic heterocycles. The molecule has 6 heterocycles.